The average molecular weight is 303 g/mol. The van der Waals surface area contributed by atoms with Gasteiger partial charge >= 0.3 is 0 Å². The van der Waals surface area contributed by atoms with E-state index >= 15 is 0 Å². The van der Waals surface area contributed by atoms with E-state index in [1.165, 1.54) is 31.4 Å². The molecule has 0 saturated heterocycles. The fourth-order valence-corrected chi connectivity index (χ4v) is 4.67. The Hall–Kier alpha value is -1.16. The highest BCUT2D eigenvalue weighted by Crippen LogP contribution is 2.42. The van der Waals surface area contributed by atoms with Gasteiger partial charge in [-0.05, 0) is 30.9 Å². The molecule has 1 spiro atoms. The molecule has 1 aromatic carbocycles. The summed E-state index contributed by atoms with van der Waals surface area (Å²) in [4.78, 5) is 7.22. The summed E-state index contributed by atoms with van der Waals surface area (Å²) < 4.78 is 0. The molecule has 0 amide bonds. The SMILES string of the molecule is CC1CCCC2(CSC(Nc3ccccc3N(C)C)=N2)C1. The quantitative estimate of drug-likeness (QED) is 0.886. The van der Waals surface area contributed by atoms with Gasteiger partial charge in [0, 0.05) is 19.8 Å². The van der Waals surface area contributed by atoms with Crippen molar-refractivity contribution in [2.45, 2.75) is 38.1 Å². The second-order valence-corrected chi connectivity index (χ2v) is 7.63. The Balaban J connectivity index is 1.77. The van der Waals surface area contributed by atoms with Crippen molar-refractivity contribution >= 4 is 28.3 Å². The van der Waals surface area contributed by atoms with Crippen molar-refractivity contribution in [2.75, 3.05) is 30.1 Å². The number of anilines is 2. The lowest BCUT2D eigenvalue weighted by Crippen LogP contribution is -2.33. The number of thioether (sulfide) groups is 1. The molecular weight excluding hydrogens is 278 g/mol. The van der Waals surface area contributed by atoms with E-state index in [2.05, 4.69) is 55.5 Å². The van der Waals surface area contributed by atoms with E-state index in [-0.39, 0.29) is 5.54 Å². The van der Waals surface area contributed by atoms with Crippen LogP contribution in [0.3, 0.4) is 0 Å². The van der Waals surface area contributed by atoms with Crippen LogP contribution in [0.2, 0.25) is 0 Å². The first-order valence-corrected chi connectivity index (χ1v) is 8.83. The van der Waals surface area contributed by atoms with Crippen LogP contribution < -0.4 is 10.2 Å². The fourth-order valence-electron chi connectivity index (χ4n) is 3.50. The van der Waals surface area contributed by atoms with Crippen molar-refractivity contribution < 1.29 is 0 Å². The normalized spacial score (nSPS) is 28.5. The fraction of sp³-hybridized carbons (Fsp3) is 0.588. The van der Waals surface area contributed by atoms with Gasteiger partial charge in [0.25, 0.3) is 0 Å². The van der Waals surface area contributed by atoms with Crippen LogP contribution >= 0.6 is 11.8 Å². The second-order valence-electron chi connectivity index (χ2n) is 6.67. The molecule has 21 heavy (non-hydrogen) atoms. The molecule has 0 bridgehead atoms. The van der Waals surface area contributed by atoms with E-state index < -0.39 is 0 Å². The number of nitrogens with one attached hydrogen (secondary N) is 1. The standard InChI is InChI=1S/C17H25N3S/c1-13-7-6-10-17(11-13)12-21-16(19-17)18-14-8-4-5-9-15(14)20(2)3/h4-5,8-9,13H,6-7,10-12H2,1-3H3,(H,18,19). The first-order valence-electron chi connectivity index (χ1n) is 7.84. The van der Waals surface area contributed by atoms with E-state index in [4.69, 9.17) is 4.99 Å². The van der Waals surface area contributed by atoms with Crippen LogP contribution in [-0.4, -0.2) is 30.6 Å². The lowest BCUT2D eigenvalue weighted by Gasteiger charge is -2.33. The Bertz CT molecular complexity index is 541. The largest absolute Gasteiger partial charge is 0.376 e. The average Bonchev–Trinajstić information content (AvgIpc) is 2.81. The zero-order valence-corrected chi connectivity index (χ0v) is 14.0. The van der Waals surface area contributed by atoms with Crippen molar-refractivity contribution in [3.63, 3.8) is 0 Å². The molecule has 2 atom stereocenters. The molecule has 114 valence electrons. The third-order valence-electron chi connectivity index (χ3n) is 4.51. The molecule has 1 N–H and O–H groups in total. The van der Waals surface area contributed by atoms with E-state index in [0.29, 0.717) is 0 Å². The number of benzene rings is 1. The highest BCUT2D eigenvalue weighted by molar-refractivity contribution is 8.14. The van der Waals surface area contributed by atoms with Gasteiger partial charge in [0.15, 0.2) is 5.17 Å². The highest BCUT2D eigenvalue weighted by Gasteiger charge is 2.39. The third-order valence-corrected chi connectivity index (χ3v) is 5.66. The number of nitrogens with zero attached hydrogens (tertiary/aromatic N) is 2. The van der Waals surface area contributed by atoms with Crippen molar-refractivity contribution in [3.05, 3.63) is 24.3 Å². The molecule has 3 nitrogen and oxygen atoms in total. The number of aliphatic imine (C=N–C) groups is 1. The van der Waals surface area contributed by atoms with Crippen LogP contribution in [0.15, 0.2) is 29.3 Å². The Kier molecular flexibility index (Phi) is 4.16. The Morgan fingerprint density at radius 2 is 2.14 bits per heavy atom. The molecule has 3 rings (SSSR count). The molecule has 4 heteroatoms. The van der Waals surface area contributed by atoms with Crippen molar-refractivity contribution in [1.29, 1.82) is 0 Å². The number of amidine groups is 1. The maximum Gasteiger partial charge on any atom is 0.161 e. The monoisotopic (exact) mass is 303 g/mol. The number of hydrogen-bond donors (Lipinski definition) is 1. The lowest BCUT2D eigenvalue weighted by atomic mass is 9.78. The molecule has 1 aliphatic carbocycles. The maximum atomic E-state index is 5.08. The number of para-hydroxylation sites is 2. The summed E-state index contributed by atoms with van der Waals surface area (Å²) in [5.41, 5.74) is 2.56. The number of hydrogen-bond acceptors (Lipinski definition) is 4. The number of rotatable bonds is 2. The second kappa shape index (κ2) is 5.91. The molecule has 1 aromatic rings. The molecule has 2 unspecified atom stereocenters. The van der Waals surface area contributed by atoms with Gasteiger partial charge in [0.1, 0.15) is 0 Å². The van der Waals surface area contributed by atoms with Gasteiger partial charge in [-0.1, -0.05) is 43.7 Å². The summed E-state index contributed by atoms with van der Waals surface area (Å²) >= 11 is 1.89. The van der Waals surface area contributed by atoms with Crippen LogP contribution in [0.4, 0.5) is 11.4 Å². The van der Waals surface area contributed by atoms with Crippen LogP contribution in [0.1, 0.15) is 32.6 Å². The van der Waals surface area contributed by atoms with E-state index in [0.717, 1.165) is 22.5 Å². The minimum atomic E-state index is 0.206. The molecular formula is C17H25N3S. The van der Waals surface area contributed by atoms with Gasteiger partial charge in [-0.15, -0.1) is 0 Å². The third kappa shape index (κ3) is 3.20. The Morgan fingerprint density at radius 1 is 1.33 bits per heavy atom. The molecule has 1 aliphatic heterocycles. The van der Waals surface area contributed by atoms with Gasteiger partial charge in [0.2, 0.25) is 0 Å². The molecule has 0 aromatic heterocycles. The lowest BCUT2D eigenvalue weighted by molar-refractivity contribution is 0.266. The van der Waals surface area contributed by atoms with Crippen molar-refractivity contribution in [1.82, 2.24) is 0 Å². The predicted molar refractivity (Wildman–Crippen MR) is 94.6 cm³/mol. The Labute approximate surface area is 132 Å². The van der Waals surface area contributed by atoms with Crippen LogP contribution in [0, 0.1) is 5.92 Å². The molecule has 1 heterocycles. The summed E-state index contributed by atoms with van der Waals surface area (Å²) in [7, 11) is 4.16. The highest BCUT2D eigenvalue weighted by atomic mass is 32.2. The van der Waals surface area contributed by atoms with Crippen LogP contribution in [-0.2, 0) is 0 Å². The smallest absolute Gasteiger partial charge is 0.161 e. The minimum Gasteiger partial charge on any atom is -0.376 e. The molecule has 1 saturated carbocycles. The van der Waals surface area contributed by atoms with E-state index in [9.17, 15) is 0 Å². The van der Waals surface area contributed by atoms with E-state index in [1.54, 1.807) is 0 Å². The summed E-state index contributed by atoms with van der Waals surface area (Å²) in [6, 6.07) is 8.43. The summed E-state index contributed by atoms with van der Waals surface area (Å²) in [6.07, 6.45) is 5.20. The Morgan fingerprint density at radius 3 is 2.90 bits per heavy atom. The summed E-state index contributed by atoms with van der Waals surface area (Å²) in [6.45, 7) is 2.37. The maximum absolute atomic E-state index is 5.08. The predicted octanol–water partition coefficient (Wildman–Crippen LogP) is 4.22. The van der Waals surface area contributed by atoms with Gasteiger partial charge < -0.3 is 10.2 Å². The van der Waals surface area contributed by atoms with E-state index in [1.807, 2.05) is 11.8 Å². The first-order chi connectivity index (χ1) is 10.1. The summed E-state index contributed by atoms with van der Waals surface area (Å²) in [5.74, 6) is 1.96. The van der Waals surface area contributed by atoms with Gasteiger partial charge in [-0.3, -0.25) is 4.99 Å². The van der Waals surface area contributed by atoms with Crippen LogP contribution in [0.25, 0.3) is 0 Å². The minimum absolute atomic E-state index is 0.206. The van der Waals surface area contributed by atoms with Crippen molar-refractivity contribution in [2.24, 2.45) is 10.9 Å². The molecule has 0 radical (unpaired) electrons. The zero-order valence-electron chi connectivity index (χ0n) is 13.2. The first kappa shape index (κ1) is 14.8. The van der Waals surface area contributed by atoms with Crippen LogP contribution in [0.5, 0.6) is 0 Å². The summed E-state index contributed by atoms with van der Waals surface area (Å²) in [5, 5.41) is 4.64. The van der Waals surface area contributed by atoms with Gasteiger partial charge in [-0.25, -0.2) is 0 Å². The molecule has 2 aliphatic rings. The topological polar surface area (TPSA) is 27.6 Å². The van der Waals surface area contributed by atoms with Gasteiger partial charge in [-0.2, -0.15) is 0 Å². The van der Waals surface area contributed by atoms with Gasteiger partial charge in [0.05, 0.1) is 16.9 Å². The zero-order chi connectivity index (χ0) is 14.9. The molecule has 1 fully saturated rings. The van der Waals surface area contributed by atoms with Crippen molar-refractivity contribution in [3.8, 4) is 0 Å².